The molecule has 0 aliphatic heterocycles. The van der Waals surface area contributed by atoms with Crippen LogP contribution in [0.3, 0.4) is 0 Å². The van der Waals surface area contributed by atoms with Crippen LogP contribution in [0.4, 0.5) is 0 Å². The number of rotatable bonds is 2. The van der Waals surface area contributed by atoms with Crippen LogP contribution in [0.25, 0.3) is 0 Å². The van der Waals surface area contributed by atoms with Crippen LogP contribution in [0.2, 0.25) is 0 Å². The number of imidazole rings is 1. The Labute approximate surface area is 78.2 Å². The summed E-state index contributed by atoms with van der Waals surface area (Å²) in [6.45, 7) is 2.02. The van der Waals surface area contributed by atoms with Gasteiger partial charge in [0.25, 0.3) is 0 Å². The Morgan fingerprint density at radius 3 is 2.69 bits per heavy atom. The molecule has 1 aliphatic rings. The molecule has 1 heterocycles. The molecule has 3 heteroatoms. The number of nitrogens with one attached hydrogen (secondary N) is 1. The third-order valence-corrected chi connectivity index (χ3v) is 2.90. The molecule has 0 amide bonds. The Kier molecular flexibility index (Phi) is 2.36. The van der Waals surface area contributed by atoms with Crippen LogP contribution in [0, 0.1) is 6.92 Å². The highest BCUT2D eigenvalue weighted by molar-refractivity contribution is 5.14. The highest BCUT2D eigenvalue weighted by Gasteiger charge is 2.20. The Bertz CT molecular complexity index is 287. The SMILES string of the molecule is Cc1[nH]c(C2CCCC2)nc1CO. The van der Waals surface area contributed by atoms with Crippen molar-refractivity contribution in [3.05, 3.63) is 17.2 Å². The molecular weight excluding hydrogens is 164 g/mol. The highest BCUT2D eigenvalue weighted by Crippen LogP contribution is 2.32. The van der Waals surface area contributed by atoms with Crippen molar-refractivity contribution in [3.8, 4) is 0 Å². The van der Waals surface area contributed by atoms with Crippen LogP contribution in [0.15, 0.2) is 0 Å². The number of nitrogens with zero attached hydrogens (tertiary/aromatic N) is 1. The number of aliphatic hydroxyl groups is 1. The van der Waals surface area contributed by atoms with Gasteiger partial charge in [-0.3, -0.25) is 0 Å². The lowest BCUT2D eigenvalue weighted by Crippen LogP contribution is -1.95. The van der Waals surface area contributed by atoms with E-state index in [2.05, 4.69) is 9.97 Å². The van der Waals surface area contributed by atoms with E-state index in [0.717, 1.165) is 17.2 Å². The summed E-state index contributed by atoms with van der Waals surface area (Å²) in [7, 11) is 0. The van der Waals surface area contributed by atoms with Crippen molar-refractivity contribution in [2.24, 2.45) is 0 Å². The van der Waals surface area contributed by atoms with E-state index in [1.165, 1.54) is 25.7 Å². The molecule has 0 bridgehead atoms. The van der Waals surface area contributed by atoms with Crippen molar-refractivity contribution in [1.82, 2.24) is 9.97 Å². The van der Waals surface area contributed by atoms with Crippen LogP contribution < -0.4 is 0 Å². The second-order valence-electron chi connectivity index (χ2n) is 3.83. The maximum atomic E-state index is 8.99. The van der Waals surface area contributed by atoms with Gasteiger partial charge in [-0.2, -0.15) is 0 Å². The summed E-state index contributed by atoms with van der Waals surface area (Å²) in [6.07, 6.45) is 5.13. The van der Waals surface area contributed by atoms with Crippen molar-refractivity contribution in [2.45, 2.75) is 45.1 Å². The molecule has 0 saturated heterocycles. The molecule has 1 saturated carbocycles. The van der Waals surface area contributed by atoms with Gasteiger partial charge in [-0.1, -0.05) is 12.8 Å². The number of aromatic nitrogens is 2. The van der Waals surface area contributed by atoms with Crippen LogP contribution in [0.5, 0.6) is 0 Å². The molecule has 0 radical (unpaired) electrons. The zero-order valence-corrected chi connectivity index (χ0v) is 8.01. The van der Waals surface area contributed by atoms with Gasteiger partial charge in [-0.05, 0) is 19.8 Å². The lowest BCUT2D eigenvalue weighted by Gasteiger charge is -2.02. The van der Waals surface area contributed by atoms with E-state index < -0.39 is 0 Å². The summed E-state index contributed by atoms with van der Waals surface area (Å²) in [5.41, 5.74) is 1.83. The van der Waals surface area contributed by atoms with E-state index in [0.29, 0.717) is 5.92 Å². The Hall–Kier alpha value is -0.830. The van der Waals surface area contributed by atoms with Crippen molar-refractivity contribution in [1.29, 1.82) is 0 Å². The zero-order chi connectivity index (χ0) is 9.26. The van der Waals surface area contributed by atoms with Gasteiger partial charge >= 0.3 is 0 Å². The van der Waals surface area contributed by atoms with Gasteiger partial charge in [0.15, 0.2) is 0 Å². The fourth-order valence-electron chi connectivity index (χ4n) is 2.07. The van der Waals surface area contributed by atoms with Crippen molar-refractivity contribution < 1.29 is 5.11 Å². The van der Waals surface area contributed by atoms with Crippen LogP contribution >= 0.6 is 0 Å². The number of aryl methyl sites for hydroxylation is 1. The molecule has 1 aromatic rings. The summed E-state index contributed by atoms with van der Waals surface area (Å²) < 4.78 is 0. The van der Waals surface area contributed by atoms with Crippen LogP contribution in [-0.4, -0.2) is 15.1 Å². The van der Waals surface area contributed by atoms with Gasteiger partial charge in [-0.25, -0.2) is 4.98 Å². The summed E-state index contributed by atoms with van der Waals surface area (Å²) in [4.78, 5) is 7.67. The monoisotopic (exact) mass is 180 g/mol. The quantitative estimate of drug-likeness (QED) is 0.730. The topological polar surface area (TPSA) is 48.9 Å². The van der Waals surface area contributed by atoms with Gasteiger partial charge in [0.05, 0.1) is 12.3 Å². The third-order valence-electron chi connectivity index (χ3n) is 2.90. The molecule has 2 rings (SSSR count). The number of aliphatic hydroxyl groups excluding tert-OH is 1. The largest absolute Gasteiger partial charge is 0.390 e. The first-order valence-corrected chi connectivity index (χ1v) is 4.97. The highest BCUT2D eigenvalue weighted by atomic mass is 16.3. The molecule has 2 N–H and O–H groups in total. The van der Waals surface area contributed by atoms with Crippen molar-refractivity contribution >= 4 is 0 Å². The maximum Gasteiger partial charge on any atom is 0.109 e. The van der Waals surface area contributed by atoms with Gasteiger partial charge in [0.1, 0.15) is 5.82 Å². The Morgan fingerprint density at radius 2 is 2.15 bits per heavy atom. The molecule has 1 aliphatic carbocycles. The van der Waals surface area contributed by atoms with Gasteiger partial charge in [0.2, 0.25) is 0 Å². The standard InChI is InChI=1S/C10H16N2O/c1-7-9(6-13)12-10(11-7)8-4-2-3-5-8/h8,13H,2-6H2,1H3,(H,11,12). The van der Waals surface area contributed by atoms with E-state index >= 15 is 0 Å². The van der Waals surface area contributed by atoms with Gasteiger partial charge < -0.3 is 10.1 Å². The molecule has 1 aromatic heterocycles. The Morgan fingerprint density at radius 1 is 1.46 bits per heavy atom. The van der Waals surface area contributed by atoms with E-state index in [-0.39, 0.29) is 6.61 Å². The fourth-order valence-corrected chi connectivity index (χ4v) is 2.07. The Balaban J connectivity index is 2.20. The van der Waals surface area contributed by atoms with E-state index in [1.54, 1.807) is 0 Å². The normalized spacial score (nSPS) is 18.3. The zero-order valence-electron chi connectivity index (χ0n) is 8.01. The second-order valence-corrected chi connectivity index (χ2v) is 3.83. The summed E-state index contributed by atoms with van der Waals surface area (Å²) >= 11 is 0. The van der Waals surface area contributed by atoms with E-state index in [9.17, 15) is 0 Å². The minimum Gasteiger partial charge on any atom is -0.390 e. The van der Waals surface area contributed by atoms with Crippen molar-refractivity contribution in [3.63, 3.8) is 0 Å². The smallest absolute Gasteiger partial charge is 0.109 e. The molecule has 72 valence electrons. The first-order chi connectivity index (χ1) is 6.31. The average molecular weight is 180 g/mol. The van der Waals surface area contributed by atoms with Crippen molar-refractivity contribution in [2.75, 3.05) is 0 Å². The molecular formula is C10H16N2O. The number of hydrogen-bond acceptors (Lipinski definition) is 2. The van der Waals surface area contributed by atoms with E-state index in [4.69, 9.17) is 5.11 Å². The second kappa shape index (κ2) is 3.50. The lowest BCUT2D eigenvalue weighted by atomic mass is 10.1. The predicted molar refractivity (Wildman–Crippen MR) is 50.5 cm³/mol. The van der Waals surface area contributed by atoms with Crippen LogP contribution in [0.1, 0.15) is 48.8 Å². The molecule has 0 spiro atoms. The average Bonchev–Trinajstić information content (AvgIpc) is 2.71. The number of hydrogen-bond donors (Lipinski definition) is 2. The molecule has 0 unspecified atom stereocenters. The number of aromatic amines is 1. The molecule has 13 heavy (non-hydrogen) atoms. The minimum atomic E-state index is 0.0506. The van der Waals surface area contributed by atoms with Crippen LogP contribution in [-0.2, 0) is 6.61 Å². The third kappa shape index (κ3) is 1.61. The fraction of sp³-hybridized carbons (Fsp3) is 0.700. The summed E-state index contributed by atoms with van der Waals surface area (Å²) in [5.74, 6) is 1.69. The molecule has 3 nitrogen and oxygen atoms in total. The number of H-pyrrole nitrogens is 1. The van der Waals surface area contributed by atoms with E-state index in [1.807, 2.05) is 6.92 Å². The summed E-state index contributed by atoms with van der Waals surface area (Å²) in [5, 5.41) is 8.99. The van der Waals surface area contributed by atoms with Gasteiger partial charge in [0, 0.05) is 11.6 Å². The molecule has 0 aromatic carbocycles. The predicted octanol–water partition coefficient (Wildman–Crippen LogP) is 1.87. The molecule has 0 atom stereocenters. The molecule has 1 fully saturated rings. The first-order valence-electron chi connectivity index (χ1n) is 4.97. The minimum absolute atomic E-state index is 0.0506. The maximum absolute atomic E-state index is 8.99. The summed E-state index contributed by atoms with van der Waals surface area (Å²) in [6, 6.07) is 0. The van der Waals surface area contributed by atoms with Gasteiger partial charge in [-0.15, -0.1) is 0 Å². The first kappa shape index (κ1) is 8.75. The lowest BCUT2D eigenvalue weighted by molar-refractivity contribution is 0.276.